The Kier molecular flexibility index (Phi) is 7.34. The van der Waals surface area contributed by atoms with Gasteiger partial charge >= 0.3 is 0 Å². The van der Waals surface area contributed by atoms with E-state index in [-0.39, 0.29) is 24.7 Å². The number of carbonyl (C=O) groups is 2. The average Bonchev–Trinajstić information content (AvgIpc) is 3.15. The van der Waals surface area contributed by atoms with Crippen molar-refractivity contribution in [2.45, 2.75) is 6.04 Å². The molecule has 0 aliphatic heterocycles. The van der Waals surface area contributed by atoms with Gasteiger partial charge in [-0.3, -0.25) is 9.59 Å². The summed E-state index contributed by atoms with van der Waals surface area (Å²) in [4.78, 5) is 29.7. The molecule has 0 fully saturated rings. The number of aliphatic hydroxyl groups excluding tert-OH is 1. The van der Waals surface area contributed by atoms with Gasteiger partial charge in [-0.25, -0.2) is 0 Å². The van der Waals surface area contributed by atoms with Crippen molar-refractivity contribution >= 4 is 11.7 Å². The Labute approximate surface area is 158 Å². The summed E-state index contributed by atoms with van der Waals surface area (Å²) in [5.41, 5.74) is 1.89. The van der Waals surface area contributed by atoms with Crippen LogP contribution in [0, 0.1) is 0 Å². The van der Waals surface area contributed by atoms with Crippen molar-refractivity contribution in [3.63, 3.8) is 0 Å². The summed E-state index contributed by atoms with van der Waals surface area (Å²) in [6, 6.07) is 10.2. The van der Waals surface area contributed by atoms with Gasteiger partial charge < -0.3 is 25.0 Å². The van der Waals surface area contributed by atoms with E-state index in [4.69, 9.17) is 4.74 Å². The maximum atomic E-state index is 12.6. The largest absolute Gasteiger partial charge is 0.394 e. The standard InChI is InChI=1S/C20H25N3O4/c1-23(2)11-16(13-27-3)19(25)15-9-17(21-10-15)20(26)22-18(12-24)14-7-5-4-6-8-14/h4-11,18,21,24H,12-13H2,1-3H3,(H,22,26)/t18-/m1/s1. The van der Waals surface area contributed by atoms with Crippen molar-refractivity contribution in [2.24, 2.45) is 0 Å². The number of nitrogens with one attached hydrogen (secondary N) is 2. The third-order valence-electron chi connectivity index (χ3n) is 3.89. The number of hydrogen-bond acceptors (Lipinski definition) is 5. The zero-order chi connectivity index (χ0) is 19.8. The molecular formula is C20H25N3O4. The number of nitrogens with zero attached hydrogens (tertiary/aromatic N) is 1. The summed E-state index contributed by atoms with van der Waals surface area (Å²) in [6.07, 6.45) is 3.18. The van der Waals surface area contributed by atoms with Crippen molar-refractivity contribution in [1.29, 1.82) is 0 Å². The SMILES string of the molecule is COCC(=CN(C)C)C(=O)c1c[nH]c(C(=O)N[C@H](CO)c2ccccc2)c1. The first-order chi connectivity index (χ1) is 13.0. The molecule has 0 unspecified atom stereocenters. The Morgan fingerprint density at radius 1 is 1.30 bits per heavy atom. The predicted molar refractivity (Wildman–Crippen MR) is 103 cm³/mol. The van der Waals surface area contributed by atoms with Crippen LogP contribution in [0.3, 0.4) is 0 Å². The van der Waals surface area contributed by atoms with E-state index in [1.54, 1.807) is 11.1 Å². The number of aliphatic hydroxyl groups is 1. The molecule has 2 aromatic rings. The second-order valence-corrected chi connectivity index (χ2v) is 6.30. The molecule has 0 radical (unpaired) electrons. The molecule has 0 saturated heterocycles. The van der Waals surface area contributed by atoms with Gasteiger partial charge in [0.2, 0.25) is 0 Å². The molecular weight excluding hydrogens is 346 g/mol. The van der Waals surface area contributed by atoms with E-state index in [9.17, 15) is 14.7 Å². The fourth-order valence-electron chi connectivity index (χ4n) is 2.63. The van der Waals surface area contributed by atoms with Crippen molar-refractivity contribution < 1.29 is 19.4 Å². The molecule has 0 aliphatic rings. The minimum Gasteiger partial charge on any atom is -0.394 e. The van der Waals surface area contributed by atoms with Crippen LogP contribution in [0.5, 0.6) is 0 Å². The fourth-order valence-corrected chi connectivity index (χ4v) is 2.63. The van der Waals surface area contributed by atoms with Crippen LogP contribution in [-0.2, 0) is 4.74 Å². The van der Waals surface area contributed by atoms with Crippen LogP contribution in [0.1, 0.15) is 32.5 Å². The molecule has 144 valence electrons. The number of methoxy groups -OCH3 is 1. The predicted octanol–water partition coefficient (Wildman–Crippen LogP) is 1.75. The normalized spacial score (nSPS) is 12.5. The molecule has 1 aromatic heterocycles. The van der Waals surface area contributed by atoms with Crippen molar-refractivity contribution in [2.75, 3.05) is 34.4 Å². The van der Waals surface area contributed by atoms with Gasteiger partial charge in [-0.1, -0.05) is 30.3 Å². The lowest BCUT2D eigenvalue weighted by Gasteiger charge is -2.16. The number of aromatic amines is 1. The highest BCUT2D eigenvalue weighted by Crippen LogP contribution is 2.15. The Bertz CT molecular complexity index is 797. The number of benzene rings is 1. The molecule has 1 heterocycles. The Morgan fingerprint density at radius 2 is 2.00 bits per heavy atom. The van der Waals surface area contributed by atoms with Gasteiger partial charge in [0.1, 0.15) is 5.69 Å². The zero-order valence-electron chi connectivity index (χ0n) is 15.7. The monoisotopic (exact) mass is 371 g/mol. The van der Waals surface area contributed by atoms with Gasteiger partial charge in [0.15, 0.2) is 5.78 Å². The third kappa shape index (κ3) is 5.54. The second kappa shape index (κ2) is 9.70. The molecule has 1 amide bonds. The van der Waals surface area contributed by atoms with Gasteiger partial charge in [-0.2, -0.15) is 0 Å². The quantitative estimate of drug-likeness (QED) is 0.461. The van der Waals surface area contributed by atoms with E-state index in [0.717, 1.165) is 5.56 Å². The van der Waals surface area contributed by atoms with Crippen LogP contribution < -0.4 is 5.32 Å². The first kappa shape index (κ1) is 20.4. The summed E-state index contributed by atoms with van der Waals surface area (Å²) in [6.45, 7) is -0.0594. The minimum absolute atomic E-state index is 0.171. The van der Waals surface area contributed by atoms with Crippen LogP contribution in [0.2, 0.25) is 0 Å². The second-order valence-electron chi connectivity index (χ2n) is 6.30. The minimum atomic E-state index is -0.529. The van der Waals surface area contributed by atoms with E-state index in [2.05, 4.69) is 10.3 Å². The number of carbonyl (C=O) groups excluding carboxylic acids is 2. The number of rotatable bonds is 9. The molecule has 0 bridgehead atoms. The van der Waals surface area contributed by atoms with Gasteiger partial charge in [0, 0.05) is 44.7 Å². The molecule has 7 nitrogen and oxygen atoms in total. The topological polar surface area (TPSA) is 94.7 Å². The van der Waals surface area contributed by atoms with Gasteiger partial charge in [0.25, 0.3) is 5.91 Å². The number of H-pyrrole nitrogens is 1. The van der Waals surface area contributed by atoms with Crippen LogP contribution in [0.25, 0.3) is 0 Å². The van der Waals surface area contributed by atoms with E-state index in [1.165, 1.54) is 19.4 Å². The van der Waals surface area contributed by atoms with Gasteiger partial charge in [-0.15, -0.1) is 0 Å². The number of ketones is 1. The van der Waals surface area contributed by atoms with Crippen molar-refractivity contribution in [3.05, 3.63) is 71.2 Å². The lowest BCUT2D eigenvalue weighted by atomic mass is 10.1. The van der Waals surface area contributed by atoms with Crippen molar-refractivity contribution in [3.8, 4) is 0 Å². The molecule has 2 rings (SSSR count). The van der Waals surface area contributed by atoms with E-state index >= 15 is 0 Å². The first-order valence-corrected chi connectivity index (χ1v) is 8.52. The summed E-state index contributed by atoms with van der Waals surface area (Å²) in [5, 5.41) is 12.3. The van der Waals surface area contributed by atoms with Crippen LogP contribution in [0.4, 0.5) is 0 Å². The zero-order valence-corrected chi connectivity index (χ0v) is 15.7. The van der Waals surface area contributed by atoms with E-state index in [0.29, 0.717) is 11.1 Å². The molecule has 3 N–H and O–H groups in total. The number of hydrogen-bond donors (Lipinski definition) is 3. The smallest absolute Gasteiger partial charge is 0.268 e. The maximum absolute atomic E-state index is 12.6. The Morgan fingerprint density at radius 3 is 2.59 bits per heavy atom. The number of aromatic nitrogens is 1. The Balaban J connectivity index is 2.14. The van der Waals surface area contributed by atoms with Gasteiger partial charge in [-0.05, 0) is 11.6 Å². The number of Topliss-reactive ketones (excluding diaryl/α,β-unsaturated/α-hetero) is 1. The summed E-state index contributed by atoms with van der Waals surface area (Å²) in [5.74, 6) is -0.621. The highest BCUT2D eigenvalue weighted by atomic mass is 16.5. The van der Waals surface area contributed by atoms with Crippen LogP contribution in [0.15, 0.2) is 54.4 Å². The lowest BCUT2D eigenvalue weighted by Crippen LogP contribution is -2.31. The Hall–Kier alpha value is -2.90. The maximum Gasteiger partial charge on any atom is 0.268 e. The van der Waals surface area contributed by atoms with Gasteiger partial charge in [0.05, 0.1) is 19.3 Å². The van der Waals surface area contributed by atoms with Crippen LogP contribution in [-0.4, -0.2) is 61.1 Å². The molecule has 0 saturated carbocycles. The summed E-state index contributed by atoms with van der Waals surface area (Å²) >= 11 is 0. The lowest BCUT2D eigenvalue weighted by molar-refractivity contribution is 0.0911. The summed E-state index contributed by atoms with van der Waals surface area (Å²) in [7, 11) is 5.15. The first-order valence-electron chi connectivity index (χ1n) is 8.52. The number of amides is 1. The fraction of sp³-hybridized carbons (Fsp3) is 0.300. The summed E-state index contributed by atoms with van der Waals surface area (Å²) < 4.78 is 5.08. The average molecular weight is 371 g/mol. The molecule has 0 aliphatic carbocycles. The van der Waals surface area contributed by atoms with E-state index in [1.807, 2.05) is 44.4 Å². The molecule has 1 atom stereocenters. The molecule has 1 aromatic carbocycles. The third-order valence-corrected chi connectivity index (χ3v) is 3.89. The highest BCUT2D eigenvalue weighted by Gasteiger charge is 2.19. The number of ether oxygens (including phenoxy) is 1. The molecule has 27 heavy (non-hydrogen) atoms. The molecule has 7 heteroatoms. The van der Waals surface area contributed by atoms with E-state index < -0.39 is 11.9 Å². The molecule has 0 spiro atoms. The van der Waals surface area contributed by atoms with Crippen molar-refractivity contribution in [1.82, 2.24) is 15.2 Å². The van der Waals surface area contributed by atoms with Crippen LogP contribution >= 0.6 is 0 Å². The highest BCUT2D eigenvalue weighted by molar-refractivity contribution is 6.10.